The van der Waals surface area contributed by atoms with Gasteiger partial charge in [0.25, 0.3) is 0 Å². The summed E-state index contributed by atoms with van der Waals surface area (Å²) in [5.74, 6) is -0.534. The van der Waals surface area contributed by atoms with E-state index in [4.69, 9.17) is 0 Å². The third kappa shape index (κ3) is 3.27. The molecule has 1 spiro atoms. The van der Waals surface area contributed by atoms with Gasteiger partial charge in [0.05, 0.1) is 12.1 Å². The minimum Gasteiger partial charge on any atom is -0.392 e. The smallest absolute Gasteiger partial charge is 0.123 e. The lowest BCUT2D eigenvalue weighted by molar-refractivity contribution is 0.00380. The second-order valence-electron chi connectivity index (χ2n) is 7.57. The molecule has 0 saturated carbocycles. The van der Waals surface area contributed by atoms with E-state index in [9.17, 15) is 13.9 Å². The summed E-state index contributed by atoms with van der Waals surface area (Å²) in [6.07, 6.45) is 1.38. The predicted molar refractivity (Wildman–Crippen MR) is 96.8 cm³/mol. The lowest BCUT2D eigenvalue weighted by Gasteiger charge is -2.39. The largest absolute Gasteiger partial charge is 0.392 e. The summed E-state index contributed by atoms with van der Waals surface area (Å²) in [5, 5.41) is 14.0. The highest BCUT2D eigenvalue weighted by molar-refractivity contribution is 5.33. The molecule has 4 rings (SSSR count). The number of hydrogen-bond acceptors (Lipinski definition) is 3. The minimum absolute atomic E-state index is 0.0790. The quantitative estimate of drug-likeness (QED) is 0.885. The van der Waals surface area contributed by atoms with Crippen molar-refractivity contribution in [2.45, 2.75) is 25.0 Å². The van der Waals surface area contributed by atoms with Crippen molar-refractivity contribution in [2.75, 3.05) is 26.2 Å². The highest BCUT2D eigenvalue weighted by Crippen LogP contribution is 2.42. The van der Waals surface area contributed by atoms with Gasteiger partial charge in [-0.2, -0.15) is 0 Å². The lowest BCUT2D eigenvalue weighted by Crippen LogP contribution is -2.51. The summed E-state index contributed by atoms with van der Waals surface area (Å²) >= 11 is 0. The van der Waals surface area contributed by atoms with Gasteiger partial charge in [-0.15, -0.1) is 0 Å². The molecule has 2 N–H and O–H groups in total. The number of halogens is 2. The summed E-state index contributed by atoms with van der Waals surface area (Å²) in [5.41, 5.74) is 1.82. The van der Waals surface area contributed by atoms with Crippen LogP contribution in [0.1, 0.15) is 30.0 Å². The fourth-order valence-electron chi connectivity index (χ4n) is 4.47. The molecule has 0 amide bonds. The van der Waals surface area contributed by atoms with E-state index in [1.54, 1.807) is 24.3 Å². The van der Waals surface area contributed by atoms with Crippen molar-refractivity contribution in [1.82, 2.24) is 10.2 Å². The molecule has 2 atom stereocenters. The van der Waals surface area contributed by atoms with Crippen LogP contribution in [0.25, 0.3) is 0 Å². The number of likely N-dealkylation sites (tertiary alicyclic amines) is 1. The number of nitrogens with zero attached hydrogens (tertiary/aromatic N) is 1. The molecule has 2 aliphatic heterocycles. The molecule has 2 aromatic rings. The number of aliphatic hydroxyl groups is 1. The predicted octanol–water partition coefficient (Wildman–Crippen LogP) is 3.10. The number of nitrogens with one attached hydrogen (secondary N) is 1. The molecule has 0 aromatic heterocycles. The Bertz CT molecular complexity index is 704. The SMILES string of the molecule is O[C@H]1CCNC[C@@]12CCN(C(c1ccc(F)cc1)c1ccc(F)cc1)C2. The van der Waals surface area contributed by atoms with Crippen LogP contribution in [-0.2, 0) is 0 Å². The van der Waals surface area contributed by atoms with Gasteiger partial charge in [0.1, 0.15) is 11.6 Å². The van der Waals surface area contributed by atoms with Crippen molar-refractivity contribution >= 4 is 0 Å². The highest BCUT2D eigenvalue weighted by atomic mass is 19.1. The second-order valence-corrected chi connectivity index (χ2v) is 7.57. The van der Waals surface area contributed by atoms with Gasteiger partial charge in [0, 0.05) is 18.5 Å². The van der Waals surface area contributed by atoms with Crippen molar-refractivity contribution < 1.29 is 13.9 Å². The zero-order valence-electron chi connectivity index (χ0n) is 14.7. The molecule has 0 aliphatic carbocycles. The topological polar surface area (TPSA) is 35.5 Å². The second kappa shape index (κ2) is 7.06. The first-order valence-electron chi connectivity index (χ1n) is 9.21. The molecule has 2 heterocycles. The van der Waals surface area contributed by atoms with Gasteiger partial charge < -0.3 is 10.4 Å². The molecule has 0 radical (unpaired) electrons. The molecule has 2 fully saturated rings. The van der Waals surface area contributed by atoms with Crippen LogP contribution in [0.5, 0.6) is 0 Å². The lowest BCUT2D eigenvalue weighted by atomic mass is 9.77. The minimum atomic E-state index is -0.309. The zero-order valence-corrected chi connectivity index (χ0v) is 14.7. The maximum Gasteiger partial charge on any atom is 0.123 e. The van der Waals surface area contributed by atoms with Crippen LogP contribution in [0, 0.1) is 17.0 Å². The van der Waals surface area contributed by atoms with Gasteiger partial charge in [0.2, 0.25) is 0 Å². The normalized spacial score (nSPS) is 26.7. The molecule has 3 nitrogen and oxygen atoms in total. The van der Waals surface area contributed by atoms with E-state index >= 15 is 0 Å². The zero-order chi connectivity index (χ0) is 18.1. The first-order chi connectivity index (χ1) is 12.6. The van der Waals surface area contributed by atoms with Crippen LogP contribution in [0.3, 0.4) is 0 Å². The fourth-order valence-corrected chi connectivity index (χ4v) is 4.47. The van der Waals surface area contributed by atoms with Crippen LogP contribution >= 0.6 is 0 Å². The average molecular weight is 358 g/mol. The van der Waals surface area contributed by atoms with Crippen molar-refractivity contribution in [3.05, 3.63) is 71.3 Å². The molecular formula is C21H24F2N2O. The van der Waals surface area contributed by atoms with E-state index in [0.717, 1.165) is 50.1 Å². The number of benzene rings is 2. The molecule has 26 heavy (non-hydrogen) atoms. The van der Waals surface area contributed by atoms with E-state index in [-0.39, 0.29) is 29.2 Å². The van der Waals surface area contributed by atoms with Crippen molar-refractivity contribution in [2.24, 2.45) is 5.41 Å². The van der Waals surface area contributed by atoms with Gasteiger partial charge in [0.15, 0.2) is 0 Å². The Morgan fingerprint density at radius 3 is 2.12 bits per heavy atom. The summed E-state index contributed by atoms with van der Waals surface area (Å²) in [6, 6.07) is 13.0. The van der Waals surface area contributed by atoms with E-state index < -0.39 is 0 Å². The van der Waals surface area contributed by atoms with E-state index in [1.165, 1.54) is 24.3 Å². The monoisotopic (exact) mass is 358 g/mol. The third-order valence-electron chi connectivity index (χ3n) is 5.93. The molecule has 5 heteroatoms. The van der Waals surface area contributed by atoms with Crippen molar-refractivity contribution in [1.29, 1.82) is 0 Å². The number of aliphatic hydroxyl groups excluding tert-OH is 1. The van der Waals surface area contributed by atoms with Gasteiger partial charge in [-0.1, -0.05) is 24.3 Å². The van der Waals surface area contributed by atoms with Crippen LogP contribution < -0.4 is 5.32 Å². The molecule has 2 aliphatic rings. The number of rotatable bonds is 3. The van der Waals surface area contributed by atoms with Crippen LogP contribution in [0.15, 0.2) is 48.5 Å². The number of hydrogen-bond donors (Lipinski definition) is 2. The Hall–Kier alpha value is -1.82. The summed E-state index contributed by atoms with van der Waals surface area (Å²) in [7, 11) is 0. The Morgan fingerprint density at radius 1 is 1.00 bits per heavy atom. The summed E-state index contributed by atoms with van der Waals surface area (Å²) in [4.78, 5) is 2.33. The van der Waals surface area contributed by atoms with Crippen LogP contribution in [0.4, 0.5) is 8.78 Å². The maximum absolute atomic E-state index is 13.4. The molecule has 138 valence electrons. The Kier molecular flexibility index (Phi) is 4.78. The summed E-state index contributed by atoms with van der Waals surface area (Å²) in [6.45, 7) is 3.27. The molecule has 0 unspecified atom stereocenters. The van der Waals surface area contributed by atoms with Gasteiger partial charge in [-0.3, -0.25) is 4.90 Å². The van der Waals surface area contributed by atoms with Crippen molar-refractivity contribution in [3.63, 3.8) is 0 Å². The molecular weight excluding hydrogens is 334 g/mol. The van der Waals surface area contributed by atoms with Crippen molar-refractivity contribution in [3.8, 4) is 0 Å². The Balaban J connectivity index is 1.67. The summed E-state index contributed by atoms with van der Waals surface area (Å²) < 4.78 is 26.8. The fraction of sp³-hybridized carbons (Fsp3) is 0.429. The molecule has 2 aromatic carbocycles. The Morgan fingerprint density at radius 2 is 1.58 bits per heavy atom. The molecule has 2 saturated heterocycles. The van der Waals surface area contributed by atoms with E-state index in [1.807, 2.05) is 0 Å². The van der Waals surface area contributed by atoms with Gasteiger partial charge >= 0.3 is 0 Å². The first-order valence-corrected chi connectivity index (χ1v) is 9.21. The van der Waals surface area contributed by atoms with E-state index in [0.29, 0.717) is 0 Å². The Labute approximate surface area is 152 Å². The van der Waals surface area contributed by atoms with Gasteiger partial charge in [-0.05, 0) is 61.3 Å². The first kappa shape index (κ1) is 17.6. The highest BCUT2D eigenvalue weighted by Gasteiger charge is 2.47. The van der Waals surface area contributed by atoms with Gasteiger partial charge in [-0.25, -0.2) is 8.78 Å². The molecule has 0 bridgehead atoms. The number of piperidine rings is 1. The van der Waals surface area contributed by atoms with Crippen LogP contribution in [0.2, 0.25) is 0 Å². The third-order valence-corrected chi connectivity index (χ3v) is 5.93. The van der Waals surface area contributed by atoms with E-state index in [2.05, 4.69) is 10.2 Å². The average Bonchev–Trinajstić information content (AvgIpc) is 3.06. The maximum atomic E-state index is 13.4. The van der Waals surface area contributed by atoms with Crippen LogP contribution in [-0.4, -0.2) is 42.3 Å². The standard InChI is InChI=1S/C21H24F2N2O/c22-17-5-1-15(2-6-17)20(16-3-7-18(23)8-4-16)25-12-10-21(14-25)13-24-11-9-19(21)26/h1-8,19-20,24,26H,9-14H2/t19-,21+/m0/s1.